The fraction of sp³-hybridized carbons (Fsp3) is 0.400. The van der Waals surface area contributed by atoms with E-state index in [0.717, 1.165) is 0 Å². The second kappa shape index (κ2) is 2.85. The van der Waals surface area contributed by atoms with Crippen molar-refractivity contribution in [2.75, 3.05) is 6.79 Å². The van der Waals surface area contributed by atoms with Crippen LogP contribution in [0.2, 0.25) is 0 Å². The molecule has 0 saturated heterocycles. The summed E-state index contributed by atoms with van der Waals surface area (Å²) in [4.78, 5) is 0. The van der Waals surface area contributed by atoms with Gasteiger partial charge in [0.15, 0.2) is 11.6 Å². The van der Waals surface area contributed by atoms with Crippen LogP contribution in [0.5, 0.6) is 11.5 Å². The number of rotatable bonds is 1. The molecule has 2 rings (SSSR count). The monoisotopic (exact) mass is 197 g/mol. The van der Waals surface area contributed by atoms with Crippen molar-refractivity contribution in [2.45, 2.75) is 19.4 Å². The zero-order valence-electron chi connectivity index (χ0n) is 8.13. The van der Waals surface area contributed by atoms with Crippen LogP contribution in [-0.4, -0.2) is 6.79 Å². The van der Waals surface area contributed by atoms with Gasteiger partial charge in [-0.2, -0.15) is 0 Å². The van der Waals surface area contributed by atoms with Gasteiger partial charge in [0.05, 0.1) is 0 Å². The Morgan fingerprint density at radius 3 is 2.71 bits per heavy atom. The Kier molecular flexibility index (Phi) is 1.89. The third-order valence-electron chi connectivity index (χ3n) is 2.17. The number of ether oxygens (including phenoxy) is 2. The molecular weight excluding hydrogens is 185 g/mol. The van der Waals surface area contributed by atoms with E-state index in [1.807, 2.05) is 13.8 Å². The molecule has 0 spiro atoms. The van der Waals surface area contributed by atoms with Crippen LogP contribution in [0.3, 0.4) is 0 Å². The van der Waals surface area contributed by atoms with E-state index in [4.69, 9.17) is 15.2 Å². The minimum absolute atomic E-state index is 0.0701. The third-order valence-corrected chi connectivity index (χ3v) is 2.17. The summed E-state index contributed by atoms with van der Waals surface area (Å²) in [7, 11) is 0. The molecule has 0 fully saturated rings. The second-order valence-corrected chi connectivity index (χ2v) is 3.91. The maximum absolute atomic E-state index is 13.4. The Balaban J connectivity index is 2.52. The standard InChI is InChI=1S/C10H12FNO2/c1-10(2,12)6-3-7(11)9-8(4-6)13-5-14-9/h3-4H,5,12H2,1-2H3. The van der Waals surface area contributed by atoms with E-state index in [-0.39, 0.29) is 12.5 Å². The highest BCUT2D eigenvalue weighted by Crippen LogP contribution is 2.37. The van der Waals surface area contributed by atoms with Crippen LogP contribution in [0.15, 0.2) is 12.1 Å². The molecule has 0 radical (unpaired) electrons. The van der Waals surface area contributed by atoms with Gasteiger partial charge < -0.3 is 15.2 Å². The van der Waals surface area contributed by atoms with Crippen molar-refractivity contribution in [1.82, 2.24) is 0 Å². The smallest absolute Gasteiger partial charge is 0.231 e. The summed E-state index contributed by atoms with van der Waals surface area (Å²) in [5.41, 5.74) is 5.97. The maximum atomic E-state index is 13.4. The van der Waals surface area contributed by atoms with Crippen molar-refractivity contribution in [3.05, 3.63) is 23.5 Å². The first kappa shape index (κ1) is 9.27. The third kappa shape index (κ3) is 1.42. The van der Waals surface area contributed by atoms with E-state index in [1.165, 1.54) is 6.07 Å². The van der Waals surface area contributed by atoms with Crippen molar-refractivity contribution in [3.8, 4) is 11.5 Å². The molecule has 76 valence electrons. The SMILES string of the molecule is CC(C)(N)c1cc(F)c2c(c1)OCO2. The minimum atomic E-state index is -0.582. The number of halogens is 1. The largest absolute Gasteiger partial charge is 0.453 e. The van der Waals surface area contributed by atoms with E-state index in [2.05, 4.69) is 0 Å². The van der Waals surface area contributed by atoms with Gasteiger partial charge in [-0.1, -0.05) is 0 Å². The molecule has 1 aromatic carbocycles. The predicted molar refractivity (Wildman–Crippen MR) is 49.7 cm³/mol. The molecule has 0 aliphatic carbocycles. The zero-order valence-corrected chi connectivity index (χ0v) is 8.13. The molecule has 1 aromatic rings. The minimum Gasteiger partial charge on any atom is -0.453 e. The van der Waals surface area contributed by atoms with Crippen LogP contribution in [0.25, 0.3) is 0 Å². The van der Waals surface area contributed by atoms with Crippen molar-refractivity contribution in [3.63, 3.8) is 0 Å². The lowest BCUT2D eigenvalue weighted by molar-refractivity contribution is 0.171. The first-order valence-electron chi connectivity index (χ1n) is 4.37. The summed E-state index contributed by atoms with van der Waals surface area (Å²) in [6.07, 6.45) is 0. The fourth-order valence-electron chi connectivity index (χ4n) is 1.34. The zero-order chi connectivity index (χ0) is 10.3. The van der Waals surface area contributed by atoms with Gasteiger partial charge in [0.25, 0.3) is 0 Å². The molecule has 1 aliphatic heterocycles. The van der Waals surface area contributed by atoms with Crippen LogP contribution in [0.4, 0.5) is 4.39 Å². The molecular formula is C10H12FNO2. The van der Waals surface area contributed by atoms with Gasteiger partial charge >= 0.3 is 0 Å². The number of nitrogens with two attached hydrogens (primary N) is 1. The second-order valence-electron chi connectivity index (χ2n) is 3.91. The number of hydrogen-bond acceptors (Lipinski definition) is 3. The maximum Gasteiger partial charge on any atom is 0.231 e. The van der Waals surface area contributed by atoms with E-state index in [1.54, 1.807) is 6.07 Å². The molecule has 0 aromatic heterocycles. The summed E-state index contributed by atoms with van der Waals surface area (Å²) in [5.74, 6) is 0.185. The molecule has 0 amide bonds. The van der Waals surface area contributed by atoms with Gasteiger partial charge in [0, 0.05) is 5.54 Å². The highest BCUT2D eigenvalue weighted by atomic mass is 19.1. The summed E-state index contributed by atoms with van der Waals surface area (Å²) in [6.45, 7) is 3.69. The van der Waals surface area contributed by atoms with Crippen molar-refractivity contribution in [2.24, 2.45) is 5.73 Å². The van der Waals surface area contributed by atoms with Gasteiger partial charge in [-0.15, -0.1) is 0 Å². The number of benzene rings is 1. The highest BCUT2D eigenvalue weighted by Gasteiger charge is 2.24. The predicted octanol–water partition coefficient (Wildman–Crippen LogP) is 1.75. The Bertz CT molecular complexity index is 371. The fourth-order valence-corrected chi connectivity index (χ4v) is 1.34. The highest BCUT2D eigenvalue weighted by molar-refractivity contribution is 5.47. The average Bonchev–Trinajstić information content (AvgIpc) is 2.50. The molecule has 1 aliphatic rings. The van der Waals surface area contributed by atoms with Crippen LogP contribution in [-0.2, 0) is 5.54 Å². The molecule has 4 heteroatoms. The molecule has 0 atom stereocenters. The van der Waals surface area contributed by atoms with Gasteiger partial charge in [0.1, 0.15) is 0 Å². The van der Waals surface area contributed by atoms with Crippen LogP contribution in [0, 0.1) is 5.82 Å². The van der Waals surface area contributed by atoms with Crippen LogP contribution < -0.4 is 15.2 Å². The van der Waals surface area contributed by atoms with E-state index in [0.29, 0.717) is 11.3 Å². The number of fused-ring (bicyclic) bond motifs is 1. The summed E-state index contributed by atoms with van der Waals surface area (Å²) >= 11 is 0. The molecule has 14 heavy (non-hydrogen) atoms. The Morgan fingerprint density at radius 2 is 2.07 bits per heavy atom. The quantitative estimate of drug-likeness (QED) is 0.745. The first-order chi connectivity index (χ1) is 6.48. The van der Waals surface area contributed by atoms with Crippen LogP contribution >= 0.6 is 0 Å². The molecule has 0 bridgehead atoms. The summed E-state index contributed by atoms with van der Waals surface area (Å²) in [6, 6.07) is 3.10. The molecule has 2 N–H and O–H groups in total. The van der Waals surface area contributed by atoms with E-state index >= 15 is 0 Å². The van der Waals surface area contributed by atoms with E-state index < -0.39 is 11.4 Å². The topological polar surface area (TPSA) is 44.5 Å². The molecule has 3 nitrogen and oxygen atoms in total. The molecule has 1 heterocycles. The summed E-state index contributed by atoms with van der Waals surface area (Å²) < 4.78 is 23.5. The lowest BCUT2D eigenvalue weighted by atomic mass is 9.95. The average molecular weight is 197 g/mol. The Morgan fingerprint density at radius 1 is 1.36 bits per heavy atom. The summed E-state index contributed by atoms with van der Waals surface area (Å²) in [5, 5.41) is 0. The van der Waals surface area contributed by atoms with Gasteiger partial charge in [-0.05, 0) is 31.5 Å². The first-order valence-corrected chi connectivity index (χ1v) is 4.37. The Hall–Kier alpha value is -1.29. The van der Waals surface area contributed by atoms with Gasteiger partial charge in [0.2, 0.25) is 12.5 Å². The molecule has 0 unspecified atom stereocenters. The van der Waals surface area contributed by atoms with Crippen molar-refractivity contribution in [1.29, 1.82) is 0 Å². The van der Waals surface area contributed by atoms with E-state index in [9.17, 15) is 4.39 Å². The van der Waals surface area contributed by atoms with Crippen LogP contribution in [0.1, 0.15) is 19.4 Å². The van der Waals surface area contributed by atoms with Gasteiger partial charge in [-0.25, -0.2) is 4.39 Å². The lowest BCUT2D eigenvalue weighted by Crippen LogP contribution is -2.28. The Labute approximate surface area is 81.6 Å². The van der Waals surface area contributed by atoms with Crippen molar-refractivity contribution >= 4 is 0 Å². The molecule has 0 saturated carbocycles. The van der Waals surface area contributed by atoms with Crippen molar-refractivity contribution < 1.29 is 13.9 Å². The lowest BCUT2D eigenvalue weighted by Gasteiger charge is -2.19. The van der Waals surface area contributed by atoms with Gasteiger partial charge in [-0.3, -0.25) is 0 Å². The normalized spacial score (nSPS) is 14.6. The number of hydrogen-bond donors (Lipinski definition) is 1.